The monoisotopic (exact) mass is 283 g/mol. The fraction of sp³-hybridized carbons (Fsp3) is 0.250. The first-order chi connectivity index (χ1) is 8.61. The van der Waals surface area contributed by atoms with Gasteiger partial charge in [0.15, 0.2) is 5.78 Å². The first-order valence-corrected chi connectivity index (χ1v) is 6.21. The van der Waals surface area contributed by atoms with Gasteiger partial charge in [-0.15, -0.1) is 0 Å². The van der Waals surface area contributed by atoms with Crippen molar-refractivity contribution < 1.29 is 4.79 Å². The molecule has 0 spiro atoms. The largest absolute Gasteiger partial charge is 0.335 e. The number of aryl methyl sites for hydroxylation is 1. The summed E-state index contributed by atoms with van der Waals surface area (Å²) in [5.74, 6) is 0.535. The van der Waals surface area contributed by atoms with Crippen molar-refractivity contribution in [3.63, 3.8) is 0 Å². The molecule has 2 aromatic heterocycles. The zero-order valence-electron chi connectivity index (χ0n) is 9.73. The number of aromatic nitrogens is 3. The second-order valence-corrected chi connectivity index (χ2v) is 4.56. The molecule has 4 nitrogen and oxygen atoms in total. The minimum atomic E-state index is -0.169. The van der Waals surface area contributed by atoms with Crippen LogP contribution in [0.4, 0.5) is 0 Å². The number of hydrogen-bond donors (Lipinski definition) is 0. The molecular weight excluding hydrogens is 273 g/mol. The SMILES string of the molecule is CCn1ccnc1CC(=O)c1ncc(Cl)cc1Cl. The van der Waals surface area contributed by atoms with E-state index in [1.54, 1.807) is 6.20 Å². The van der Waals surface area contributed by atoms with Crippen LogP contribution in [-0.4, -0.2) is 20.3 Å². The topological polar surface area (TPSA) is 47.8 Å². The molecule has 0 N–H and O–H groups in total. The Morgan fingerprint density at radius 2 is 2.17 bits per heavy atom. The molecule has 0 saturated heterocycles. The van der Waals surface area contributed by atoms with Crippen LogP contribution in [0, 0.1) is 0 Å². The Bertz CT molecular complexity index is 580. The van der Waals surface area contributed by atoms with Gasteiger partial charge in [0.2, 0.25) is 0 Å². The van der Waals surface area contributed by atoms with Gasteiger partial charge in [0, 0.05) is 25.1 Å². The maximum atomic E-state index is 12.1. The molecule has 0 bridgehead atoms. The zero-order valence-corrected chi connectivity index (χ0v) is 11.2. The van der Waals surface area contributed by atoms with E-state index < -0.39 is 0 Å². The number of halogens is 2. The molecule has 2 rings (SSSR count). The van der Waals surface area contributed by atoms with E-state index in [2.05, 4.69) is 9.97 Å². The van der Waals surface area contributed by atoms with E-state index in [9.17, 15) is 4.79 Å². The highest BCUT2D eigenvalue weighted by molar-refractivity contribution is 6.36. The average Bonchev–Trinajstić information content (AvgIpc) is 2.76. The summed E-state index contributed by atoms with van der Waals surface area (Å²) in [6.07, 6.45) is 5.09. The van der Waals surface area contributed by atoms with Gasteiger partial charge in [-0.25, -0.2) is 9.97 Å². The Hall–Kier alpha value is -1.39. The zero-order chi connectivity index (χ0) is 13.1. The Balaban J connectivity index is 2.22. The molecule has 0 radical (unpaired) electrons. The fourth-order valence-corrected chi connectivity index (χ4v) is 2.13. The molecule has 0 saturated carbocycles. The Labute approximate surface area is 115 Å². The van der Waals surface area contributed by atoms with Crippen molar-refractivity contribution in [3.8, 4) is 0 Å². The second kappa shape index (κ2) is 5.50. The molecule has 0 fully saturated rings. The van der Waals surface area contributed by atoms with Gasteiger partial charge in [0.1, 0.15) is 11.5 Å². The lowest BCUT2D eigenvalue weighted by Crippen LogP contribution is -2.11. The fourth-order valence-electron chi connectivity index (χ4n) is 1.64. The van der Waals surface area contributed by atoms with Crippen LogP contribution >= 0.6 is 23.2 Å². The third kappa shape index (κ3) is 2.71. The van der Waals surface area contributed by atoms with Crippen molar-refractivity contribution in [3.05, 3.63) is 46.2 Å². The van der Waals surface area contributed by atoms with Crippen molar-refractivity contribution >= 4 is 29.0 Å². The Kier molecular flexibility index (Phi) is 3.99. The number of ketones is 1. The number of nitrogens with zero attached hydrogens (tertiary/aromatic N) is 3. The van der Waals surface area contributed by atoms with Crippen molar-refractivity contribution in [2.75, 3.05) is 0 Å². The van der Waals surface area contributed by atoms with Crippen LogP contribution in [-0.2, 0) is 13.0 Å². The van der Waals surface area contributed by atoms with Crippen molar-refractivity contribution in [1.82, 2.24) is 14.5 Å². The number of Topliss-reactive ketones (excluding diaryl/α,β-unsaturated/α-hetero) is 1. The number of carbonyl (C=O) groups is 1. The van der Waals surface area contributed by atoms with Crippen LogP contribution in [0.3, 0.4) is 0 Å². The number of carbonyl (C=O) groups excluding carboxylic acids is 1. The van der Waals surface area contributed by atoms with Gasteiger partial charge < -0.3 is 4.57 Å². The lowest BCUT2D eigenvalue weighted by atomic mass is 10.2. The number of rotatable bonds is 4. The molecule has 0 aliphatic heterocycles. The van der Waals surface area contributed by atoms with E-state index in [1.807, 2.05) is 17.7 Å². The predicted octanol–water partition coefficient (Wildman–Crippen LogP) is 3.03. The van der Waals surface area contributed by atoms with E-state index in [-0.39, 0.29) is 22.9 Å². The van der Waals surface area contributed by atoms with Gasteiger partial charge in [-0.05, 0) is 13.0 Å². The van der Waals surface area contributed by atoms with Gasteiger partial charge in [-0.1, -0.05) is 23.2 Å². The number of imidazole rings is 1. The highest BCUT2D eigenvalue weighted by atomic mass is 35.5. The molecule has 94 valence electrons. The molecule has 6 heteroatoms. The van der Waals surface area contributed by atoms with Gasteiger partial charge in [0.25, 0.3) is 0 Å². The minimum Gasteiger partial charge on any atom is -0.335 e. The highest BCUT2D eigenvalue weighted by Crippen LogP contribution is 2.19. The summed E-state index contributed by atoms with van der Waals surface area (Å²) in [5, 5.41) is 0.675. The van der Waals surface area contributed by atoms with Crippen LogP contribution in [0.2, 0.25) is 10.0 Å². The van der Waals surface area contributed by atoms with E-state index in [4.69, 9.17) is 23.2 Å². The number of pyridine rings is 1. The van der Waals surface area contributed by atoms with Crippen molar-refractivity contribution in [2.45, 2.75) is 19.9 Å². The van der Waals surface area contributed by atoms with Crippen LogP contribution in [0.25, 0.3) is 0 Å². The molecule has 0 atom stereocenters. The van der Waals surface area contributed by atoms with E-state index in [0.29, 0.717) is 10.8 Å². The Morgan fingerprint density at radius 1 is 1.39 bits per heavy atom. The van der Waals surface area contributed by atoms with Crippen LogP contribution in [0.15, 0.2) is 24.7 Å². The molecule has 0 aliphatic rings. The van der Waals surface area contributed by atoms with E-state index in [1.165, 1.54) is 12.3 Å². The summed E-state index contributed by atoms with van der Waals surface area (Å²) >= 11 is 11.7. The molecule has 0 amide bonds. The summed E-state index contributed by atoms with van der Waals surface area (Å²) in [6.45, 7) is 2.76. The van der Waals surface area contributed by atoms with E-state index in [0.717, 1.165) is 6.54 Å². The minimum absolute atomic E-state index is 0.169. The predicted molar refractivity (Wildman–Crippen MR) is 70.2 cm³/mol. The summed E-state index contributed by atoms with van der Waals surface area (Å²) in [7, 11) is 0. The lowest BCUT2D eigenvalue weighted by molar-refractivity contribution is 0.0985. The molecule has 0 aliphatic carbocycles. The summed E-state index contributed by atoms with van der Waals surface area (Å²) in [4.78, 5) is 20.2. The summed E-state index contributed by atoms with van der Waals surface area (Å²) < 4.78 is 1.90. The molecule has 2 aromatic rings. The van der Waals surface area contributed by atoms with E-state index >= 15 is 0 Å². The third-order valence-corrected chi connectivity index (χ3v) is 3.03. The standard InChI is InChI=1S/C12H11Cl2N3O/c1-2-17-4-3-15-11(17)6-10(18)12-9(14)5-8(13)7-16-12/h3-5,7H,2,6H2,1H3. The van der Waals surface area contributed by atoms with Gasteiger partial charge in [-0.3, -0.25) is 4.79 Å². The molecule has 0 unspecified atom stereocenters. The normalized spacial score (nSPS) is 10.6. The van der Waals surface area contributed by atoms with Crippen LogP contribution in [0.1, 0.15) is 23.2 Å². The van der Waals surface area contributed by atoms with Crippen molar-refractivity contribution in [2.24, 2.45) is 0 Å². The van der Waals surface area contributed by atoms with Crippen molar-refractivity contribution in [1.29, 1.82) is 0 Å². The van der Waals surface area contributed by atoms with Crippen LogP contribution < -0.4 is 0 Å². The molecule has 18 heavy (non-hydrogen) atoms. The maximum Gasteiger partial charge on any atom is 0.190 e. The van der Waals surface area contributed by atoms with Gasteiger partial charge in [-0.2, -0.15) is 0 Å². The first-order valence-electron chi connectivity index (χ1n) is 5.46. The molecular formula is C12H11Cl2N3O. The average molecular weight is 284 g/mol. The third-order valence-electron chi connectivity index (χ3n) is 2.53. The summed E-state index contributed by atoms with van der Waals surface area (Å²) in [6, 6.07) is 1.51. The lowest BCUT2D eigenvalue weighted by Gasteiger charge is -2.05. The van der Waals surface area contributed by atoms with Gasteiger partial charge >= 0.3 is 0 Å². The molecule has 0 aromatic carbocycles. The second-order valence-electron chi connectivity index (χ2n) is 3.71. The molecule has 2 heterocycles. The highest BCUT2D eigenvalue weighted by Gasteiger charge is 2.15. The Morgan fingerprint density at radius 3 is 2.83 bits per heavy atom. The first kappa shape index (κ1) is 13.1. The summed E-state index contributed by atoms with van der Waals surface area (Å²) in [5.41, 5.74) is 0.228. The maximum absolute atomic E-state index is 12.1. The smallest absolute Gasteiger partial charge is 0.190 e. The van der Waals surface area contributed by atoms with Crippen LogP contribution in [0.5, 0.6) is 0 Å². The van der Waals surface area contributed by atoms with Gasteiger partial charge in [0.05, 0.1) is 16.5 Å². The number of hydrogen-bond acceptors (Lipinski definition) is 3. The quantitative estimate of drug-likeness (QED) is 0.811.